The van der Waals surface area contributed by atoms with Gasteiger partial charge in [-0.2, -0.15) is 11.8 Å². The first-order chi connectivity index (χ1) is 10.4. The van der Waals surface area contributed by atoms with Gasteiger partial charge in [0.25, 0.3) is 0 Å². The van der Waals surface area contributed by atoms with Crippen LogP contribution in [0.3, 0.4) is 0 Å². The van der Waals surface area contributed by atoms with Gasteiger partial charge in [0.15, 0.2) is 0 Å². The van der Waals surface area contributed by atoms with Crippen molar-refractivity contribution >= 4 is 39.1 Å². The van der Waals surface area contributed by atoms with E-state index in [1.54, 1.807) is 11.3 Å². The molecule has 21 heavy (non-hydrogen) atoms. The van der Waals surface area contributed by atoms with E-state index in [0.717, 1.165) is 66.6 Å². The van der Waals surface area contributed by atoms with E-state index in [4.69, 9.17) is 14.7 Å². The Hall–Kier alpha value is -0.850. The normalized spacial score (nSPS) is 16.4. The maximum atomic E-state index is 5.41. The van der Waals surface area contributed by atoms with Crippen molar-refractivity contribution in [1.82, 2.24) is 9.97 Å². The van der Waals surface area contributed by atoms with E-state index in [1.165, 1.54) is 0 Å². The minimum absolute atomic E-state index is 0.688. The predicted molar refractivity (Wildman–Crippen MR) is 91.3 cm³/mol. The van der Waals surface area contributed by atoms with Gasteiger partial charge in [0.2, 0.25) is 0 Å². The summed E-state index contributed by atoms with van der Waals surface area (Å²) in [5, 5.41) is 7.35. The molecule has 3 rings (SSSR count). The fourth-order valence-electron chi connectivity index (χ4n) is 2.38. The number of hydrogen-bond donors (Lipinski definition) is 1. The summed E-state index contributed by atoms with van der Waals surface area (Å²) in [5.74, 6) is 2.82. The first kappa shape index (κ1) is 15.1. The Balaban J connectivity index is 1.71. The van der Waals surface area contributed by atoms with Gasteiger partial charge in [-0.1, -0.05) is 6.92 Å². The number of fused-ring (bicyclic) bond motifs is 1. The molecule has 0 saturated carbocycles. The van der Waals surface area contributed by atoms with Crippen LogP contribution < -0.4 is 5.32 Å². The third-order valence-electron chi connectivity index (χ3n) is 3.53. The highest BCUT2D eigenvalue weighted by atomic mass is 32.2. The number of nitrogens with zero attached hydrogens (tertiary/aromatic N) is 2. The minimum Gasteiger partial charge on any atom is -0.381 e. The molecule has 0 amide bonds. The Morgan fingerprint density at radius 3 is 3.05 bits per heavy atom. The summed E-state index contributed by atoms with van der Waals surface area (Å²) < 4.78 is 5.41. The Labute approximate surface area is 133 Å². The zero-order valence-corrected chi connectivity index (χ0v) is 13.9. The molecule has 1 saturated heterocycles. The number of ether oxygens (including phenoxy) is 1. The molecule has 1 aliphatic heterocycles. The van der Waals surface area contributed by atoms with Crippen LogP contribution in [-0.2, 0) is 10.5 Å². The summed E-state index contributed by atoms with van der Waals surface area (Å²) in [4.78, 5) is 10.5. The first-order valence-corrected chi connectivity index (χ1v) is 9.47. The summed E-state index contributed by atoms with van der Waals surface area (Å²) in [5.41, 5.74) is 0. The summed E-state index contributed by atoms with van der Waals surface area (Å²) in [7, 11) is 0. The number of hydrogen-bond acceptors (Lipinski definition) is 6. The third-order valence-corrected chi connectivity index (χ3v) is 5.70. The van der Waals surface area contributed by atoms with Crippen molar-refractivity contribution < 1.29 is 4.74 Å². The van der Waals surface area contributed by atoms with E-state index < -0.39 is 0 Å². The zero-order chi connectivity index (χ0) is 14.5. The van der Waals surface area contributed by atoms with Gasteiger partial charge in [0.05, 0.1) is 11.1 Å². The summed E-state index contributed by atoms with van der Waals surface area (Å²) >= 11 is 3.66. The molecule has 0 aromatic carbocycles. The molecular weight excluding hydrogens is 302 g/mol. The maximum Gasteiger partial charge on any atom is 0.142 e. The fraction of sp³-hybridized carbons (Fsp3) is 0.600. The van der Waals surface area contributed by atoms with Crippen molar-refractivity contribution in [2.45, 2.75) is 37.2 Å². The second-order valence-corrected chi connectivity index (χ2v) is 7.36. The highest BCUT2D eigenvalue weighted by molar-refractivity contribution is 7.99. The lowest BCUT2D eigenvalue weighted by molar-refractivity contribution is 0.1000. The van der Waals surface area contributed by atoms with Gasteiger partial charge in [-0.15, -0.1) is 11.3 Å². The van der Waals surface area contributed by atoms with Crippen molar-refractivity contribution in [3.63, 3.8) is 0 Å². The number of thiophene rings is 1. The van der Waals surface area contributed by atoms with E-state index in [2.05, 4.69) is 23.7 Å². The summed E-state index contributed by atoms with van der Waals surface area (Å²) in [6.45, 7) is 4.91. The van der Waals surface area contributed by atoms with Crippen LogP contribution in [-0.4, -0.2) is 35.0 Å². The van der Waals surface area contributed by atoms with E-state index in [1.807, 2.05) is 11.8 Å². The molecule has 2 aromatic rings. The maximum absolute atomic E-state index is 5.41. The van der Waals surface area contributed by atoms with Crippen LogP contribution in [0.4, 0.5) is 5.82 Å². The van der Waals surface area contributed by atoms with Gasteiger partial charge in [-0.05, 0) is 30.7 Å². The van der Waals surface area contributed by atoms with Crippen LogP contribution in [0.1, 0.15) is 32.0 Å². The average Bonchev–Trinajstić information content (AvgIpc) is 3.00. The SMILES string of the molecule is CCCNc1nc(CSC2CCOCC2)nc2sccc12. The molecule has 114 valence electrons. The highest BCUT2D eigenvalue weighted by Gasteiger charge is 2.15. The van der Waals surface area contributed by atoms with Gasteiger partial charge in [-0.25, -0.2) is 9.97 Å². The van der Waals surface area contributed by atoms with Crippen molar-refractivity contribution in [3.8, 4) is 0 Å². The first-order valence-electron chi connectivity index (χ1n) is 7.54. The Morgan fingerprint density at radius 1 is 1.38 bits per heavy atom. The van der Waals surface area contributed by atoms with Crippen LogP contribution in [0.15, 0.2) is 11.4 Å². The summed E-state index contributed by atoms with van der Waals surface area (Å²) in [6, 6.07) is 2.10. The van der Waals surface area contributed by atoms with E-state index >= 15 is 0 Å². The van der Waals surface area contributed by atoms with Gasteiger partial charge < -0.3 is 10.1 Å². The predicted octanol–water partition coefficient (Wildman–Crippen LogP) is 3.93. The zero-order valence-electron chi connectivity index (χ0n) is 12.3. The average molecular weight is 323 g/mol. The lowest BCUT2D eigenvalue weighted by atomic mass is 10.2. The standard InChI is InChI=1S/C15H21N3OS2/c1-2-6-16-14-12-5-9-20-15(12)18-13(17-14)10-21-11-3-7-19-8-4-11/h5,9,11H,2-4,6-8,10H2,1H3,(H,16,17,18). The Kier molecular flexibility index (Phi) is 5.32. The monoisotopic (exact) mass is 323 g/mol. The van der Waals surface area contributed by atoms with Crippen molar-refractivity contribution in [2.75, 3.05) is 25.1 Å². The number of thioether (sulfide) groups is 1. The molecule has 0 unspecified atom stereocenters. The minimum atomic E-state index is 0.688. The number of aromatic nitrogens is 2. The number of anilines is 1. The Bertz CT molecular complexity index is 581. The molecule has 0 atom stereocenters. The van der Waals surface area contributed by atoms with Gasteiger partial charge in [0, 0.05) is 25.0 Å². The number of rotatable bonds is 6. The van der Waals surface area contributed by atoms with Crippen molar-refractivity contribution in [3.05, 3.63) is 17.3 Å². The molecule has 1 fully saturated rings. The van der Waals surface area contributed by atoms with Gasteiger partial charge >= 0.3 is 0 Å². The van der Waals surface area contributed by atoms with Crippen LogP contribution in [0.2, 0.25) is 0 Å². The van der Waals surface area contributed by atoms with Crippen LogP contribution in [0, 0.1) is 0 Å². The van der Waals surface area contributed by atoms with Crippen molar-refractivity contribution in [1.29, 1.82) is 0 Å². The quantitative estimate of drug-likeness (QED) is 0.873. The second-order valence-electron chi connectivity index (χ2n) is 5.18. The second kappa shape index (κ2) is 7.42. The molecule has 0 spiro atoms. The van der Waals surface area contributed by atoms with Crippen molar-refractivity contribution in [2.24, 2.45) is 0 Å². The lowest BCUT2D eigenvalue weighted by Crippen LogP contribution is -2.17. The molecule has 0 bridgehead atoms. The molecule has 3 heterocycles. The third kappa shape index (κ3) is 3.87. The fourth-order valence-corrected chi connectivity index (χ4v) is 4.20. The lowest BCUT2D eigenvalue weighted by Gasteiger charge is -2.21. The highest BCUT2D eigenvalue weighted by Crippen LogP contribution is 2.28. The van der Waals surface area contributed by atoms with E-state index in [-0.39, 0.29) is 0 Å². The van der Waals surface area contributed by atoms with Crippen LogP contribution in [0.25, 0.3) is 10.2 Å². The molecular formula is C15H21N3OS2. The molecule has 4 nitrogen and oxygen atoms in total. The molecule has 2 aromatic heterocycles. The van der Waals surface area contributed by atoms with Crippen LogP contribution in [0.5, 0.6) is 0 Å². The van der Waals surface area contributed by atoms with Gasteiger partial charge in [0.1, 0.15) is 16.5 Å². The molecule has 6 heteroatoms. The topological polar surface area (TPSA) is 47.0 Å². The molecule has 0 aliphatic carbocycles. The Morgan fingerprint density at radius 2 is 2.24 bits per heavy atom. The molecule has 1 N–H and O–H groups in total. The van der Waals surface area contributed by atoms with E-state index in [0.29, 0.717) is 5.25 Å². The van der Waals surface area contributed by atoms with E-state index in [9.17, 15) is 0 Å². The number of nitrogens with one attached hydrogen (secondary N) is 1. The van der Waals surface area contributed by atoms with Gasteiger partial charge in [-0.3, -0.25) is 0 Å². The molecule has 0 radical (unpaired) electrons. The smallest absolute Gasteiger partial charge is 0.142 e. The molecule has 1 aliphatic rings. The van der Waals surface area contributed by atoms with Crippen LogP contribution >= 0.6 is 23.1 Å². The summed E-state index contributed by atoms with van der Waals surface area (Å²) in [6.07, 6.45) is 3.39. The largest absolute Gasteiger partial charge is 0.381 e.